The zero-order valence-corrected chi connectivity index (χ0v) is 10.0. The second kappa shape index (κ2) is 4.90. The largest absolute Gasteiger partial charge is 0.409 e. The number of hydrogen-bond acceptors (Lipinski definition) is 6. The van der Waals surface area contributed by atoms with E-state index >= 15 is 0 Å². The Morgan fingerprint density at radius 3 is 2.84 bits per heavy atom. The summed E-state index contributed by atoms with van der Waals surface area (Å²) < 4.78 is 1.16. The summed E-state index contributed by atoms with van der Waals surface area (Å²) in [6, 6.07) is 1.13. The van der Waals surface area contributed by atoms with E-state index in [2.05, 4.69) is 15.2 Å². The van der Waals surface area contributed by atoms with E-state index in [1.165, 1.54) is 18.6 Å². The van der Waals surface area contributed by atoms with Gasteiger partial charge in [-0.3, -0.25) is 10.1 Å². The monoisotopic (exact) mass is 282 g/mol. The molecule has 2 aromatic heterocycles. The van der Waals surface area contributed by atoms with E-state index in [9.17, 15) is 10.1 Å². The molecule has 0 saturated carbocycles. The quantitative estimate of drug-likeness (QED) is 0.283. The van der Waals surface area contributed by atoms with Crippen molar-refractivity contribution in [3.05, 3.63) is 45.4 Å². The van der Waals surface area contributed by atoms with Crippen molar-refractivity contribution in [1.29, 1.82) is 0 Å². The highest BCUT2D eigenvalue weighted by Gasteiger charge is 2.20. The minimum absolute atomic E-state index is 0.0219. The van der Waals surface area contributed by atoms with Gasteiger partial charge in [-0.1, -0.05) is 16.8 Å². The van der Waals surface area contributed by atoms with E-state index < -0.39 is 4.92 Å². The number of hydrogen-bond donors (Lipinski definition) is 2. The highest BCUT2D eigenvalue weighted by molar-refractivity contribution is 6.30. The van der Waals surface area contributed by atoms with Crippen LogP contribution in [0.2, 0.25) is 5.02 Å². The molecule has 0 aliphatic carbocycles. The molecule has 98 valence electrons. The van der Waals surface area contributed by atoms with Gasteiger partial charge in [-0.25, -0.2) is 9.67 Å². The van der Waals surface area contributed by atoms with Crippen molar-refractivity contribution >= 4 is 23.1 Å². The van der Waals surface area contributed by atoms with Gasteiger partial charge < -0.3 is 10.9 Å². The Bertz CT molecular complexity index is 668. The van der Waals surface area contributed by atoms with Gasteiger partial charge in [-0.05, 0) is 0 Å². The molecule has 0 bridgehead atoms. The fraction of sp³-hybridized carbons (Fsp3) is 0. The normalized spacial score (nSPS) is 11.5. The second-order valence-corrected chi connectivity index (χ2v) is 3.85. The number of pyridine rings is 1. The Morgan fingerprint density at radius 1 is 1.58 bits per heavy atom. The van der Waals surface area contributed by atoms with Crippen molar-refractivity contribution < 1.29 is 10.1 Å². The maximum Gasteiger partial charge on any atom is 0.314 e. The summed E-state index contributed by atoms with van der Waals surface area (Å²) >= 11 is 5.69. The SMILES string of the molecule is N/C(=N/O)c1cnc(-n2cc(Cl)cn2)c([N+](=O)[O-])c1. The molecule has 9 nitrogen and oxygen atoms in total. The Kier molecular flexibility index (Phi) is 3.29. The van der Waals surface area contributed by atoms with Gasteiger partial charge in [-0.15, -0.1) is 0 Å². The van der Waals surface area contributed by atoms with Crippen LogP contribution < -0.4 is 5.73 Å². The lowest BCUT2D eigenvalue weighted by Gasteiger charge is -2.03. The predicted molar refractivity (Wildman–Crippen MR) is 65.5 cm³/mol. The molecular formula is C9H7ClN6O3. The van der Waals surface area contributed by atoms with Crippen LogP contribution in [-0.4, -0.2) is 30.7 Å². The molecule has 0 unspecified atom stereocenters. The van der Waals surface area contributed by atoms with Crippen molar-refractivity contribution in [3.63, 3.8) is 0 Å². The summed E-state index contributed by atoms with van der Waals surface area (Å²) in [5.41, 5.74) is 5.13. The van der Waals surface area contributed by atoms with Crippen LogP contribution >= 0.6 is 11.6 Å². The zero-order valence-electron chi connectivity index (χ0n) is 9.26. The number of oxime groups is 1. The first kappa shape index (κ1) is 12.8. The highest BCUT2D eigenvalue weighted by Crippen LogP contribution is 2.22. The number of aromatic nitrogens is 3. The molecule has 0 radical (unpaired) electrons. The maximum atomic E-state index is 11.0. The second-order valence-electron chi connectivity index (χ2n) is 3.41. The third-order valence-electron chi connectivity index (χ3n) is 2.22. The first-order valence-corrected chi connectivity index (χ1v) is 5.23. The van der Waals surface area contributed by atoms with Crippen LogP contribution in [0.4, 0.5) is 5.69 Å². The first-order chi connectivity index (χ1) is 9.02. The molecule has 0 amide bonds. The Morgan fingerprint density at radius 2 is 2.32 bits per heavy atom. The lowest BCUT2D eigenvalue weighted by Crippen LogP contribution is -2.15. The third kappa shape index (κ3) is 2.45. The zero-order chi connectivity index (χ0) is 14.0. The highest BCUT2D eigenvalue weighted by atomic mass is 35.5. The van der Waals surface area contributed by atoms with Crippen molar-refractivity contribution in [2.24, 2.45) is 10.9 Å². The number of nitro groups is 1. The minimum atomic E-state index is -0.647. The van der Waals surface area contributed by atoms with Crippen molar-refractivity contribution in [2.75, 3.05) is 0 Å². The van der Waals surface area contributed by atoms with E-state index in [-0.39, 0.29) is 22.9 Å². The summed E-state index contributed by atoms with van der Waals surface area (Å²) in [5.74, 6) is -0.299. The minimum Gasteiger partial charge on any atom is -0.409 e. The fourth-order valence-corrected chi connectivity index (χ4v) is 1.51. The molecule has 3 N–H and O–H groups in total. The van der Waals surface area contributed by atoms with Gasteiger partial charge >= 0.3 is 5.69 Å². The summed E-state index contributed by atoms with van der Waals surface area (Å²) in [6.45, 7) is 0. The Balaban J connectivity index is 2.59. The molecule has 2 rings (SSSR count). The van der Waals surface area contributed by atoms with Gasteiger partial charge in [0.2, 0.25) is 5.82 Å². The van der Waals surface area contributed by atoms with E-state index in [1.807, 2.05) is 0 Å². The molecule has 0 fully saturated rings. The van der Waals surface area contributed by atoms with E-state index in [0.29, 0.717) is 5.02 Å². The molecule has 19 heavy (non-hydrogen) atoms. The fourth-order valence-electron chi connectivity index (χ4n) is 1.37. The average molecular weight is 283 g/mol. The molecule has 0 aliphatic rings. The number of rotatable bonds is 3. The van der Waals surface area contributed by atoms with Crippen LogP contribution in [-0.2, 0) is 0 Å². The maximum absolute atomic E-state index is 11.0. The van der Waals surface area contributed by atoms with E-state index in [0.717, 1.165) is 10.7 Å². The molecule has 10 heteroatoms. The van der Waals surface area contributed by atoms with Gasteiger partial charge in [0.05, 0.1) is 22.3 Å². The summed E-state index contributed by atoms with van der Waals surface area (Å²) in [6.07, 6.45) is 3.93. The summed E-state index contributed by atoms with van der Waals surface area (Å²) in [5, 5.41) is 26.5. The van der Waals surface area contributed by atoms with Crippen LogP contribution in [0, 0.1) is 10.1 Å². The van der Waals surface area contributed by atoms with Gasteiger partial charge in [0, 0.05) is 17.8 Å². The Hall–Kier alpha value is -2.68. The van der Waals surface area contributed by atoms with Gasteiger partial charge in [0.25, 0.3) is 0 Å². The predicted octanol–water partition coefficient (Wildman–Crippen LogP) is 0.923. The molecule has 0 spiro atoms. The van der Waals surface area contributed by atoms with Crippen molar-refractivity contribution in [1.82, 2.24) is 14.8 Å². The molecular weight excluding hydrogens is 276 g/mol. The van der Waals surface area contributed by atoms with Gasteiger partial charge in [-0.2, -0.15) is 5.10 Å². The molecule has 0 aromatic carbocycles. The summed E-state index contributed by atoms with van der Waals surface area (Å²) in [4.78, 5) is 14.2. The van der Waals surface area contributed by atoms with Crippen molar-refractivity contribution in [2.45, 2.75) is 0 Å². The topological polar surface area (TPSA) is 132 Å². The van der Waals surface area contributed by atoms with Crippen LogP contribution in [0.3, 0.4) is 0 Å². The molecule has 0 saturated heterocycles. The van der Waals surface area contributed by atoms with E-state index in [1.54, 1.807) is 0 Å². The standard InChI is InChI=1S/C9H7ClN6O3/c10-6-3-13-15(4-6)9-7(16(18)19)1-5(2-12-9)8(11)14-17/h1-4,17H,(H2,11,14). The van der Waals surface area contributed by atoms with Crippen molar-refractivity contribution in [3.8, 4) is 5.82 Å². The lowest BCUT2D eigenvalue weighted by molar-refractivity contribution is -0.384. The molecule has 0 atom stereocenters. The lowest BCUT2D eigenvalue weighted by atomic mass is 10.2. The number of amidine groups is 1. The molecule has 2 heterocycles. The molecule has 0 aliphatic heterocycles. The van der Waals surface area contributed by atoms with Gasteiger partial charge in [0.15, 0.2) is 5.84 Å². The molecule has 2 aromatic rings. The van der Waals surface area contributed by atoms with E-state index in [4.69, 9.17) is 22.5 Å². The first-order valence-electron chi connectivity index (χ1n) is 4.86. The summed E-state index contributed by atoms with van der Waals surface area (Å²) in [7, 11) is 0. The van der Waals surface area contributed by atoms with Crippen LogP contribution in [0.25, 0.3) is 5.82 Å². The number of halogens is 1. The third-order valence-corrected chi connectivity index (χ3v) is 2.41. The van der Waals surface area contributed by atoms with Crippen LogP contribution in [0.15, 0.2) is 29.8 Å². The van der Waals surface area contributed by atoms with Crippen LogP contribution in [0.1, 0.15) is 5.56 Å². The Labute approximate surface area is 111 Å². The number of nitrogens with two attached hydrogens (primary N) is 1. The van der Waals surface area contributed by atoms with Gasteiger partial charge in [0.1, 0.15) is 0 Å². The smallest absolute Gasteiger partial charge is 0.314 e. The average Bonchev–Trinajstić information content (AvgIpc) is 2.83. The van der Waals surface area contributed by atoms with Crippen LogP contribution in [0.5, 0.6) is 0 Å². The number of nitrogens with zero attached hydrogens (tertiary/aromatic N) is 5.